The molecule has 1 N–H and O–H groups in total. The highest BCUT2D eigenvalue weighted by Crippen LogP contribution is 2.54. The third-order valence-corrected chi connectivity index (χ3v) is 7.57. The molecule has 0 bridgehead atoms. The Morgan fingerprint density at radius 1 is 1.06 bits per heavy atom. The van der Waals surface area contributed by atoms with Gasteiger partial charge in [-0.15, -0.1) is 11.8 Å². The molecule has 2 aliphatic rings. The Bertz CT molecular complexity index is 1260. The minimum Gasteiger partial charge on any atom is -0.308 e. The number of fused-ring (bicyclic) bond motifs is 2. The molecule has 5 nitrogen and oxygen atoms in total. The van der Waals surface area contributed by atoms with Gasteiger partial charge >= 0.3 is 6.03 Å². The van der Waals surface area contributed by atoms with E-state index in [1.165, 1.54) is 17.8 Å². The molecular formula is C26H24FN3O2S. The van der Waals surface area contributed by atoms with Crippen LogP contribution in [0.5, 0.6) is 0 Å². The first-order valence-electron chi connectivity index (χ1n) is 10.9. The summed E-state index contributed by atoms with van der Waals surface area (Å²) in [7, 11) is 0. The summed E-state index contributed by atoms with van der Waals surface area (Å²) in [6.07, 6.45) is 0. The van der Waals surface area contributed by atoms with E-state index in [1.54, 1.807) is 28.0 Å². The van der Waals surface area contributed by atoms with Crippen molar-refractivity contribution >= 4 is 35.1 Å². The van der Waals surface area contributed by atoms with Crippen LogP contribution in [0.4, 0.5) is 20.6 Å². The molecule has 168 valence electrons. The lowest BCUT2D eigenvalue weighted by atomic mass is 10.0. The number of aryl methyl sites for hydroxylation is 2. The van der Waals surface area contributed by atoms with Crippen LogP contribution >= 0.6 is 11.8 Å². The molecule has 1 saturated heterocycles. The van der Waals surface area contributed by atoms with Gasteiger partial charge in [0.05, 0.1) is 12.2 Å². The number of anilines is 2. The van der Waals surface area contributed by atoms with Crippen LogP contribution in [0.2, 0.25) is 0 Å². The number of nitrogens with zero attached hydrogens (tertiary/aromatic N) is 2. The highest BCUT2D eigenvalue weighted by atomic mass is 32.2. The second-order valence-corrected chi connectivity index (χ2v) is 9.73. The topological polar surface area (TPSA) is 52.7 Å². The zero-order valence-corrected chi connectivity index (χ0v) is 19.3. The first-order valence-corrected chi connectivity index (χ1v) is 11.8. The maximum absolute atomic E-state index is 14.4. The van der Waals surface area contributed by atoms with Crippen LogP contribution < -0.4 is 10.2 Å². The average molecular weight is 462 g/mol. The van der Waals surface area contributed by atoms with E-state index >= 15 is 0 Å². The number of nitrogens with one attached hydrogen (secondary N) is 1. The van der Waals surface area contributed by atoms with E-state index in [4.69, 9.17) is 0 Å². The highest BCUT2D eigenvalue weighted by Gasteiger charge is 2.59. The number of hydrogen-bond acceptors (Lipinski definition) is 3. The van der Waals surface area contributed by atoms with Crippen molar-refractivity contribution in [3.63, 3.8) is 0 Å². The van der Waals surface area contributed by atoms with Gasteiger partial charge in [-0.2, -0.15) is 0 Å². The van der Waals surface area contributed by atoms with Crippen molar-refractivity contribution < 1.29 is 14.0 Å². The molecule has 33 heavy (non-hydrogen) atoms. The summed E-state index contributed by atoms with van der Waals surface area (Å²) in [5.74, 6) is 0.0646. The SMILES string of the molecule is Cc1cccc(NC(=O)N2CCS[C@@]23C(=O)N(Cc2ccccc2F)c2ccc(C)cc23)c1. The van der Waals surface area contributed by atoms with E-state index in [0.717, 1.165) is 22.4 Å². The van der Waals surface area contributed by atoms with Gasteiger partial charge in [-0.05, 0) is 43.7 Å². The number of urea groups is 1. The quantitative estimate of drug-likeness (QED) is 0.566. The van der Waals surface area contributed by atoms with Gasteiger partial charge in [0.25, 0.3) is 5.91 Å². The first-order chi connectivity index (χ1) is 15.9. The summed E-state index contributed by atoms with van der Waals surface area (Å²) in [5, 5.41) is 2.96. The Kier molecular flexibility index (Phi) is 5.37. The van der Waals surface area contributed by atoms with Crippen molar-refractivity contribution in [2.75, 3.05) is 22.5 Å². The van der Waals surface area contributed by atoms with Crippen LogP contribution in [0, 0.1) is 19.7 Å². The lowest BCUT2D eigenvalue weighted by molar-refractivity contribution is -0.123. The van der Waals surface area contributed by atoms with Gasteiger partial charge in [0.2, 0.25) is 0 Å². The fraction of sp³-hybridized carbons (Fsp3) is 0.231. The van der Waals surface area contributed by atoms with E-state index < -0.39 is 4.87 Å². The minimum atomic E-state index is -1.17. The molecule has 1 atom stereocenters. The van der Waals surface area contributed by atoms with E-state index in [9.17, 15) is 14.0 Å². The molecule has 3 aromatic rings. The normalized spacial score (nSPS) is 19.3. The summed E-state index contributed by atoms with van der Waals surface area (Å²) in [6.45, 7) is 4.48. The van der Waals surface area contributed by atoms with Gasteiger partial charge in [0, 0.05) is 29.1 Å². The molecular weight excluding hydrogens is 437 g/mol. The average Bonchev–Trinajstić information content (AvgIpc) is 3.32. The molecule has 0 unspecified atom stereocenters. The van der Waals surface area contributed by atoms with Crippen LogP contribution in [0.15, 0.2) is 66.7 Å². The minimum absolute atomic E-state index is 0.108. The predicted molar refractivity (Wildman–Crippen MR) is 130 cm³/mol. The van der Waals surface area contributed by atoms with E-state index in [0.29, 0.717) is 23.5 Å². The summed E-state index contributed by atoms with van der Waals surface area (Å²) < 4.78 is 14.4. The lowest BCUT2D eigenvalue weighted by Gasteiger charge is -2.33. The van der Waals surface area contributed by atoms with Gasteiger partial charge in [-0.3, -0.25) is 9.69 Å². The van der Waals surface area contributed by atoms with Gasteiger partial charge < -0.3 is 10.2 Å². The number of hydrogen-bond donors (Lipinski definition) is 1. The summed E-state index contributed by atoms with van der Waals surface area (Å²) in [4.78, 5) is 29.5. The number of rotatable bonds is 3. The molecule has 0 saturated carbocycles. The van der Waals surface area contributed by atoms with Crippen molar-refractivity contribution in [3.8, 4) is 0 Å². The molecule has 1 fully saturated rings. The van der Waals surface area contributed by atoms with E-state index in [2.05, 4.69) is 5.32 Å². The monoisotopic (exact) mass is 461 g/mol. The molecule has 3 aromatic carbocycles. The Balaban J connectivity index is 1.54. The number of carbonyl (C=O) groups is 2. The fourth-order valence-electron chi connectivity index (χ4n) is 4.60. The van der Waals surface area contributed by atoms with Crippen LogP contribution in [-0.4, -0.2) is 29.1 Å². The summed E-state index contributed by atoms with van der Waals surface area (Å²) in [5.41, 5.74) is 4.66. The standard InChI is InChI=1S/C26H24FN3O2S/c1-17-6-5-8-20(14-17)28-25(32)30-12-13-33-26(30)21-15-18(2)10-11-23(21)29(24(26)31)16-19-7-3-4-9-22(19)27/h3-11,14-15H,12-13,16H2,1-2H3,(H,28,32)/t26-/m0/s1. The van der Waals surface area contributed by atoms with Gasteiger partial charge in [-0.25, -0.2) is 9.18 Å². The number of thioether (sulfide) groups is 1. The zero-order chi connectivity index (χ0) is 23.2. The van der Waals surface area contributed by atoms with Crippen LogP contribution in [0.1, 0.15) is 22.3 Å². The van der Waals surface area contributed by atoms with Crippen molar-refractivity contribution in [1.82, 2.24) is 4.90 Å². The summed E-state index contributed by atoms with van der Waals surface area (Å²) >= 11 is 1.46. The van der Waals surface area contributed by atoms with Crippen LogP contribution in [0.25, 0.3) is 0 Å². The first kappa shape index (κ1) is 21.5. The largest absolute Gasteiger partial charge is 0.323 e. The van der Waals surface area contributed by atoms with Gasteiger partial charge in [0.1, 0.15) is 5.82 Å². The Labute approximate surface area is 196 Å². The molecule has 0 aromatic heterocycles. The lowest BCUT2D eigenvalue weighted by Crippen LogP contribution is -2.51. The number of halogens is 1. The molecule has 0 aliphatic carbocycles. The third-order valence-electron chi connectivity index (χ3n) is 6.15. The summed E-state index contributed by atoms with van der Waals surface area (Å²) in [6, 6.07) is 19.5. The molecule has 2 heterocycles. The van der Waals surface area contributed by atoms with Crippen molar-refractivity contribution in [1.29, 1.82) is 0 Å². The second kappa shape index (κ2) is 8.23. The predicted octanol–water partition coefficient (Wildman–Crippen LogP) is 5.42. The second-order valence-electron chi connectivity index (χ2n) is 8.45. The number of carbonyl (C=O) groups excluding carboxylic acids is 2. The maximum atomic E-state index is 14.4. The molecule has 2 aliphatic heterocycles. The zero-order valence-electron chi connectivity index (χ0n) is 18.5. The molecule has 7 heteroatoms. The van der Waals surface area contributed by atoms with Crippen LogP contribution in [0.3, 0.4) is 0 Å². The van der Waals surface area contributed by atoms with Crippen molar-refractivity contribution in [2.24, 2.45) is 0 Å². The molecule has 5 rings (SSSR count). The number of amides is 3. The number of benzene rings is 3. The van der Waals surface area contributed by atoms with Gasteiger partial charge in [0.15, 0.2) is 4.87 Å². The fourth-order valence-corrected chi connectivity index (χ4v) is 6.05. The van der Waals surface area contributed by atoms with Gasteiger partial charge in [-0.1, -0.05) is 48.0 Å². The van der Waals surface area contributed by atoms with Crippen molar-refractivity contribution in [3.05, 3.63) is 94.8 Å². The highest BCUT2D eigenvalue weighted by molar-refractivity contribution is 8.01. The maximum Gasteiger partial charge on any atom is 0.323 e. The molecule has 0 radical (unpaired) electrons. The van der Waals surface area contributed by atoms with Crippen molar-refractivity contribution in [2.45, 2.75) is 25.3 Å². The molecule has 3 amide bonds. The Morgan fingerprint density at radius 2 is 1.85 bits per heavy atom. The Morgan fingerprint density at radius 3 is 2.64 bits per heavy atom. The van der Waals surface area contributed by atoms with E-state index in [1.807, 2.05) is 56.3 Å². The van der Waals surface area contributed by atoms with Crippen LogP contribution in [-0.2, 0) is 16.2 Å². The van der Waals surface area contributed by atoms with E-state index in [-0.39, 0.29) is 24.3 Å². The third kappa shape index (κ3) is 3.56. The molecule has 1 spiro atoms. The Hall–Kier alpha value is -3.32. The smallest absolute Gasteiger partial charge is 0.308 e.